The van der Waals surface area contributed by atoms with Gasteiger partial charge in [0.05, 0.1) is 0 Å². The summed E-state index contributed by atoms with van der Waals surface area (Å²) in [6.07, 6.45) is 1.03. The molecular formula is C17H22AsO7PS. The Labute approximate surface area is 164 Å². The number of hydrogen-bond donors (Lipinski definition) is 3. The molecule has 2 aromatic rings. The van der Waals surface area contributed by atoms with Crippen LogP contribution in [0.15, 0.2) is 30.3 Å². The fourth-order valence-electron chi connectivity index (χ4n) is 2.65. The maximum atomic E-state index is 11.6. The van der Waals surface area contributed by atoms with Gasteiger partial charge in [-0.15, -0.1) is 0 Å². The van der Waals surface area contributed by atoms with Gasteiger partial charge >= 0.3 is 164 Å². The molecule has 2 aromatic carbocycles. The van der Waals surface area contributed by atoms with Gasteiger partial charge in [0.15, 0.2) is 0 Å². The average Bonchev–Trinajstić information content (AvgIpc) is 2.50. The molecule has 0 heterocycles. The quantitative estimate of drug-likeness (QED) is 0.405. The van der Waals surface area contributed by atoms with Gasteiger partial charge in [0.25, 0.3) is 0 Å². The van der Waals surface area contributed by atoms with Crippen molar-refractivity contribution in [2.75, 3.05) is 12.6 Å². The van der Waals surface area contributed by atoms with E-state index in [-0.39, 0.29) is 5.75 Å². The Morgan fingerprint density at radius 2 is 1.70 bits per heavy atom. The Hall–Kier alpha value is -1.30. The first kappa shape index (κ1) is 22.0. The van der Waals surface area contributed by atoms with Gasteiger partial charge in [-0.3, -0.25) is 0 Å². The number of aromatic hydroxyl groups is 1. The van der Waals surface area contributed by atoms with E-state index in [1.54, 1.807) is 24.3 Å². The van der Waals surface area contributed by atoms with Crippen LogP contribution in [0.4, 0.5) is 0 Å². The van der Waals surface area contributed by atoms with Gasteiger partial charge in [0, 0.05) is 0 Å². The Kier molecular flexibility index (Phi) is 6.82. The van der Waals surface area contributed by atoms with Gasteiger partial charge in [-0.05, 0) is 0 Å². The van der Waals surface area contributed by atoms with Gasteiger partial charge in [-0.25, -0.2) is 0 Å². The van der Waals surface area contributed by atoms with Crippen LogP contribution in [0.2, 0.25) is 0 Å². The van der Waals surface area contributed by atoms with E-state index in [1.165, 1.54) is 12.3 Å². The molecular weight excluding hydrogens is 454 g/mol. The first-order valence-electron chi connectivity index (χ1n) is 7.91. The van der Waals surface area contributed by atoms with Crippen LogP contribution in [-0.2, 0) is 19.1 Å². The third kappa shape index (κ3) is 6.98. The summed E-state index contributed by atoms with van der Waals surface area (Å²) in [6, 6.07) is 8.42. The van der Waals surface area contributed by atoms with Gasteiger partial charge in [-0.1, -0.05) is 0 Å². The molecule has 0 bridgehead atoms. The fraction of sp³-hybridized carbons (Fsp3) is 0.294. The molecule has 0 amide bonds. The standard InChI is InChI=1S/C17H22AsO7PS/c1-11-6-14(25-10-26(20,21)22)7-12(2)15(11)8-13-4-5-17(19)16(9-13)18-27(3,23)24/h4-7,9,18-19H,8,10H2,1-3H3,(H2,20,21,22). The van der Waals surface area contributed by atoms with Crippen molar-refractivity contribution < 1.29 is 32.6 Å². The van der Waals surface area contributed by atoms with Gasteiger partial charge in [0.2, 0.25) is 0 Å². The van der Waals surface area contributed by atoms with E-state index < -0.39 is 36.6 Å². The number of phenols is 1. The van der Waals surface area contributed by atoms with Crippen LogP contribution in [0.1, 0.15) is 22.3 Å². The van der Waals surface area contributed by atoms with Crippen molar-refractivity contribution in [1.29, 1.82) is 0 Å². The van der Waals surface area contributed by atoms with E-state index in [9.17, 15) is 18.1 Å². The molecule has 2 rings (SSSR count). The van der Waals surface area contributed by atoms with Crippen LogP contribution in [0, 0.1) is 13.8 Å². The SMILES string of the molecule is Cc1cc(OCP(=O)(O)O)cc(C)c1Cc1ccc(O)c([AsH]S(C)(=O)=O)c1. The zero-order valence-corrected chi connectivity index (χ0v) is 18.9. The summed E-state index contributed by atoms with van der Waals surface area (Å²) in [5, 5.41) is 9.92. The molecule has 0 fully saturated rings. The third-order valence-electron chi connectivity index (χ3n) is 3.81. The molecule has 1 atom stereocenters. The third-order valence-corrected chi connectivity index (χ3v) is 9.42. The van der Waals surface area contributed by atoms with Gasteiger partial charge < -0.3 is 0 Å². The Bertz CT molecular complexity index is 975. The molecule has 0 aliphatic carbocycles. The predicted octanol–water partition coefficient (Wildman–Crippen LogP) is 1.14. The molecule has 0 saturated carbocycles. The van der Waals surface area contributed by atoms with E-state index in [2.05, 4.69) is 0 Å². The van der Waals surface area contributed by atoms with Crippen molar-refractivity contribution in [2.45, 2.75) is 20.3 Å². The number of aryl methyl sites for hydroxylation is 2. The fourth-order valence-corrected chi connectivity index (χ4v) is 7.64. The summed E-state index contributed by atoms with van der Waals surface area (Å²) in [7, 11) is -7.39. The first-order valence-corrected chi connectivity index (χ1v) is 15.2. The molecule has 10 heteroatoms. The average molecular weight is 476 g/mol. The molecule has 3 N–H and O–H groups in total. The van der Waals surface area contributed by atoms with Crippen molar-refractivity contribution in [3.63, 3.8) is 0 Å². The Morgan fingerprint density at radius 1 is 1.11 bits per heavy atom. The molecule has 0 aliphatic rings. The molecule has 0 radical (unpaired) electrons. The summed E-state index contributed by atoms with van der Waals surface area (Å²) >= 11 is -1.49. The van der Waals surface area contributed by atoms with Crippen molar-refractivity contribution in [1.82, 2.24) is 0 Å². The molecule has 148 valence electrons. The summed E-state index contributed by atoms with van der Waals surface area (Å²) in [5.74, 6) is 0.381. The van der Waals surface area contributed by atoms with Crippen LogP contribution in [0.3, 0.4) is 0 Å². The second kappa shape index (κ2) is 8.37. The minimum absolute atomic E-state index is 0.00111. The number of benzene rings is 2. The molecule has 0 spiro atoms. The Morgan fingerprint density at radius 3 is 2.22 bits per heavy atom. The van der Waals surface area contributed by atoms with Crippen LogP contribution >= 0.6 is 7.60 Å². The second-order valence-corrected chi connectivity index (χ2v) is 16.8. The van der Waals surface area contributed by atoms with E-state index in [0.29, 0.717) is 16.5 Å². The second-order valence-electron chi connectivity index (χ2n) is 6.38. The van der Waals surface area contributed by atoms with Crippen LogP contribution in [0.5, 0.6) is 11.5 Å². The summed E-state index contributed by atoms with van der Waals surface area (Å²) in [6.45, 7) is 3.75. The number of hydrogen-bond acceptors (Lipinski definition) is 5. The van der Waals surface area contributed by atoms with E-state index in [0.717, 1.165) is 22.3 Å². The van der Waals surface area contributed by atoms with Crippen LogP contribution < -0.4 is 9.09 Å². The van der Waals surface area contributed by atoms with Crippen LogP contribution in [0.25, 0.3) is 0 Å². The zero-order chi connectivity index (χ0) is 20.4. The van der Waals surface area contributed by atoms with Crippen molar-refractivity contribution in [2.24, 2.45) is 0 Å². The van der Waals surface area contributed by atoms with Crippen molar-refractivity contribution >= 4 is 34.6 Å². The molecule has 0 saturated heterocycles. The number of rotatable bonds is 7. The molecule has 7 nitrogen and oxygen atoms in total. The molecule has 1 unspecified atom stereocenters. The van der Waals surface area contributed by atoms with Gasteiger partial charge in [-0.2, -0.15) is 0 Å². The minimum atomic E-state index is -4.25. The Balaban J connectivity index is 2.27. The molecule has 0 aromatic heterocycles. The van der Waals surface area contributed by atoms with Gasteiger partial charge in [0.1, 0.15) is 0 Å². The summed E-state index contributed by atoms with van der Waals surface area (Å²) in [5.41, 5.74) is 3.67. The predicted molar refractivity (Wildman–Crippen MR) is 106 cm³/mol. The van der Waals surface area contributed by atoms with Crippen molar-refractivity contribution in [3.05, 3.63) is 52.6 Å². The van der Waals surface area contributed by atoms with Crippen LogP contribution in [-0.4, -0.2) is 50.5 Å². The summed E-state index contributed by atoms with van der Waals surface area (Å²) in [4.78, 5) is 17.8. The number of phenolic OH excluding ortho intramolecular Hbond substituents is 1. The van der Waals surface area contributed by atoms with Crippen molar-refractivity contribution in [3.8, 4) is 11.5 Å². The monoisotopic (exact) mass is 476 g/mol. The maximum absolute atomic E-state index is 11.6. The molecule has 27 heavy (non-hydrogen) atoms. The summed E-state index contributed by atoms with van der Waals surface area (Å²) < 4.78 is 39.7. The van der Waals surface area contributed by atoms with E-state index in [1.807, 2.05) is 13.8 Å². The normalized spacial score (nSPS) is 12.6. The van der Waals surface area contributed by atoms with E-state index in [4.69, 9.17) is 14.5 Å². The van der Waals surface area contributed by atoms with E-state index >= 15 is 0 Å². The zero-order valence-electron chi connectivity index (χ0n) is 15.1. The molecule has 0 aliphatic heterocycles. The topological polar surface area (TPSA) is 121 Å². The first-order chi connectivity index (χ1) is 12.3. The number of ether oxygens (including phenoxy) is 1.